The maximum atomic E-state index is 12.1. The van der Waals surface area contributed by atoms with E-state index in [0.29, 0.717) is 5.13 Å². The highest BCUT2D eigenvalue weighted by molar-refractivity contribution is 7.13. The van der Waals surface area contributed by atoms with Gasteiger partial charge in [-0.3, -0.25) is 9.59 Å². The molecule has 0 aliphatic heterocycles. The number of carbonyl (C=O) groups is 2. The summed E-state index contributed by atoms with van der Waals surface area (Å²) in [5.41, 5.74) is 5.72. The van der Waals surface area contributed by atoms with Crippen LogP contribution < -0.4 is 5.73 Å². The molecule has 0 fully saturated rings. The molecule has 0 saturated heterocycles. The molecule has 0 aromatic carbocycles. The second kappa shape index (κ2) is 5.62. The number of hydrogen-bond donors (Lipinski definition) is 1. The Hall–Kier alpha value is -1.63. The molecule has 17 heavy (non-hydrogen) atoms. The Morgan fingerprint density at radius 1 is 1.59 bits per heavy atom. The van der Waals surface area contributed by atoms with E-state index in [-0.39, 0.29) is 24.2 Å². The van der Waals surface area contributed by atoms with Gasteiger partial charge in [0.05, 0.1) is 7.11 Å². The maximum absolute atomic E-state index is 12.1. The maximum Gasteiger partial charge on any atom is 0.325 e. The molecule has 0 unspecified atom stereocenters. The van der Waals surface area contributed by atoms with Crippen LogP contribution in [0, 0.1) is 0 Å². The van der Waals surface area contributed by atoms with E-state index in [1.165, 1.54) is 23.3 Å². The fraction of sp³-hybridized carbons (Fsp3) is 0.500. The average molecular weight is 257 g/mol. The third-order valence-corrected chi connectivity index (χ3v) is 2.83. The third kappa shape index (κ3) is 3.42. The van der Waals surface area contributed by atoms with Crippen molar-refractivity contribution in [2.75, 3.05) is 19.4 Å². The molecule has 7 heteroatoms. The SMILES string of the molecule is COC(=O)CN(C(=O)c1csc(N)n1)C(C)C. The van der Waals surface area contributed by atoms with Gasteiger partial charge >= 0.3 is 5.97 Å². The average Bonchev–Trinajstić information content (AvgIpc) is 2.71. The standard InChI is InChI=1S/C10H15N3O3S/c1-6(2)13(4-8(14)16-3)9(15)7-5-17-10(11)12-7/h5-6H,4H2,1-3H3,(H2,11,12). The van der Waals surface area contributed by atoms with Crippen molar-refractivity contribution in [2.45, 2.75) is 19.9 Å². The van der Waals surface area contributed by atoms with Gasteiger partial charge in [0.2, 0.25) is 0 Å². The van der Waals surface area contributed by atoms with Gasteiger partial charge in [0.1, 0.15) is 12.2 Å². The number of thiazole rings is 1. The largest absolute Gasteiger partial charge is 0.468 e. The Morgan fingerprint density at radius 3 is 2.65 bits per heavy atom. The smallest absolute Gasteiger partial charge is 0.325 e. The Balaban J connectivity index is 2.84. The Morgan fingerprint density at radius 2 is 2.24 bits per heavy atom. The van der Waals surface area contributed by atoms with Crippen LogP contribution in [0.3, 0.4) is 0 Å². The Labute approximate surface area is 103 Å². The van der Waals surface area contributed by atoms with Gasteiger partial charge in [0.15, 0.2) is 5.13 Å². The molecule has 0 aliphatic carbocycles. The molecule has 1 rings (SSSR count). The predicted octanol–water partition coefficient (Wildman–Crippen LogP) is 0.749. The summed E-state index contributed by atoms with van der Waals surface area (Å²) in [6.45, 7) is 3.54. The minimum Gasteiger partial charge on any atom is -0.468 e. The summed E-state index contributed by atoms with van der Waals surface area (Å²) < 4.78 is 4.55. The molecule has 1 aromatic rings. The lowest BCUT2D eigenvalue weighted by atomic mass is 10.3. The molecule has 1 heterocycles. The molecular formula is C10H15N3O3S. The second-order valence-electron chi connectivity index (χ2n) is 3.67. The zero-order chi connectivity index (χ0) is 13.0. The topological polar surface area (TPSA) is 85.5 Å². The van der Waals surface area contributed by atoms with Crippen LogP contribution in [-0.4, -0.2) is 41.5 Å². The van der Waals surface area contributed by atoms with E-state index < -0.39 is 5.97 Å². The summed E-state index contributed by atoms with van der Waals surface area (Å²) >= 11 is 1.19. The first kappa shape index (κ1) is 13.4. The van der Waals surface area contributed by atoms with Crippen LogP contribution in [0.2, 0.25) is 0 Å². The van der Waals surface area contributed by atoms with Gasteiger partial charge in [-0.05, 0) is 13.8 Å². The van der Waals surface area contributed by atoms with Crippen molar-refractivity contribution in [1.29, 1.82) is 0 Å². The molecule has 0 aliphatic rings. The van der Waals surface area contributed by atoms with Crippen molar-refractivity contribution in [3.63, 3.8) is 0 Å². The van der Waals surface area contributed by atoms with E-state index in [1.54, 1.807) is 5.38 Å². The predicted molar refractivity (Wildman–Crippen MR) is 64.7 cm³/mol. The van der Waals surface area contributed by atoms with Gasteiger partial charge in [-0.2, -0.15) is 0 Å². The number of esters is 1. The zero-order valence-corrected chi connectivity index (χ0v) is 10.8. The minimum absolute atomic E-state index is 0.0928. The van der Waals surface area contributed by atoms with E-state index in [0.717, 1.165) is 0 Å². The number of hydrogen-bond acceptors (Lipinski definition) is 6. The number of carbonyl (C=O) groups excluding carboxylic acids is 2. The first-order valence-corrected chi connectivity index (χ1v) is 5.92. The highest BCUT2D eigenvalue weighted by Crippen LogP contribution is 2.14. The van der Waals surface area contributed by atoms with Crippen LogP contribution in [0.15, 0.2) is 5.38 Å². The molecule has 0 atom stereocenters. The summed E-state index contributed by atoms with van der Waals surface area (Å²) in [6, 6.07) is -0.121. The number of nitrogens with zero attached hydrogens (tertiary/aromatic N) is 2. The number of ether oxygens (including phenoxy) is 1. The molecule has 0 saturated carbocycles. The molecule has 0 spiro atoms. The Kier molecular flexibility index (Phi) is 4.45. The number of nitrogens with two attached hydrogens (primary N) is 1. The van der Waals surface area contributed by atoms with Crippen LogP contribution >= 0.6 is 11.3 Å². The lowest BCUT2D eigenvalue weighted by molar-refractivity contribution is -0.141. The quantitative estimate of drug-likeness (QED) is 0.804. The molecule has 1 aromatic heterocycles. The van der Waals surface area contributed by atoms with Crippen molar-refractivity contribution >= 4 is 28.3 Å². The van der Waals surface area contributed by atoms with E-state index in [1.807, 2.05) is 13.8 Å². The molecule has 94 valence electrons. The third-order valence-electron chi connectivity index (χ3n) is 2.15. The second-order valence-corrected chi connectivity index (χ2v) is 4.56. The van der Waals surface area contributed by atoms with Crippen molar-refractivity contribution in [3.8, 4) is 0 Å². The van der Waals surface area contributed by atoms with Gasteiger partial charge in [0.25, 0.3) is 5.91 Å². The van der Waals surface area contributed by atoms with E-state index >= 15 is 0 Å². The van der Waals surface area contributed by atoms with Crippen molar-refractivity contribution in [1.82, 2.24) is 9.88 Å². The lowest BCUT2D eigenvalue weighted by Crippen LogP contribution is -2.41. The van der Waals surface area contributed by atoms with Gasteiger partial charge in [-0.15, -0.1) is 11.3 Å². The van der Waals surface area contributed by atoms with Crippen LogP contribution in [-0.2, 0) is 9.53 Å². The fourth-order valence-electron chi connectivity index (χ4n) is 1.23. The summed E-state index contributed by atoms with van der Waals surface area (Å²) in [6.07, 6.45) is 0. The van der Waals surface area contributed by atoms with Gasteiger partial charge in [-0.25, -0.2) is 4.98 Å². The highest BCUT2D eigenvalue weighted by atomic mass is 32.1. The van der Waals surface area contributed by atoms with E-state index in [4.69, 9.17) is 5.73 Å². The summed E-state index contributed by atoms with van der Waals surface area (Å²) in [7, 11) is 1.28. The molecule has 1 amide bonds. The molecular weight excluding hydrogens is 242 g/mol. The Bertz CT molecular complexity index is 417. The number of anilines is 1. The van der Waals surface area contributed by atoms with Crippen LogP contribution in [0.4, 0.5) is 5.13 Å². The number of methoxy groups -OCH3 is 1. The molecule has 0 bridgehead atoms. The van der Waals surface area contributed by atoms with Crippen molar-refractivity contribution < 1.29 is 14.3 Å². The minimum atomic E-state index is -0.463. The van der Waals surface area contributed by atoms with Crippen molar-refractivity contribution in [3.05, 3.63) is 11.1 Å². The molecule has 0 radical (unpaired) electrons. The van der Waals surface area contributed by atoms with E-state index in [2.05, 4.69) is 9.72 Å². The number of nitrogen functional groups attached to an aromatic ring is 1. The highest BCUT2D eigenvalue weighted by Gasteiger charge is 2.23. The number of rotatable bonds is 4. The fourth-order valence-corrected chi connectivity index (χ4v) is 1.76. The molecule has 6 nitrogen and oxygen atoms in total. The van der Waals surface area contributed by atoms with Gasteiger partial charge in [0, 0.05) is 11.4 Å². The van der Waals surface area contributed by atoms with Crippen molar-refractivity contribution in [2.24, 2.45) is 0 Å². The van der Waals surface area contributed by atoms with E-state index in [9.17, 15) is 9.59 Å². The van der Waals surface area contributed by atoms with Crippen LogP contribution in [0.1, 0.15) is 24.3 Å². The summed E-state index contributed by atoms with van der Waals surface area (Å²) in [5.74, 6) is -0.784. The summed E-state index contributed by atoms with van der Waals surface area (Å²) in [4.78, 5) is 28.6. The van der Waals surface area contributed by atoms with Crippen LogP contribution in [0.5, 0.6) is 0 Å². The first-order chi connectivity index (χ1) is 7.95. The molecule has 2 N–H and O–H groups in total. The van der Waals surface area contributed by atoms with Gasteiger partial charge in [-0.1, -0.05) is 0 Å². The number of amides is 1. The van der Waals surface area contributed by atoms with Gasteiger partial charge < -0.3 is 15.4 Å². The summed E-state index contributed by atoms with van der Waals surface area (Å²) in [5, 5.41) is 1.90. The zero-order valence-electron chi connectivity index (χ0n) is 9.97. The lowest BCUT2D eigenvalue weighted by Gasteiger charge is -2.24. The van der Waals surface area contributed by atoms with Crippen LogP contribution in [0.25, 0.3) is 0 Å². The first-order valence-electron chi connectivity index (χ1n) is 5.04. The monoisotopic (exact) mass is 257 g/mol. The normalized spacial score (nSPS) is 10.4. The number of aromatic nitrogens is 1.